The molecule has 2 aromatic carbocycles. The molecule has 0 saturated carbocycles. The second-order valence-electron chi connectivity index (χ2n) is 6.50. The van der Waals surface area contributed by atoms with Gasteiger partial charge in [0.1, 0.15) is 23.0 Å². The van der Waals surface area contributed by atoms with E-state index in [2.05, 4.69) is 5.10 Å². The van der Waals surface area contributed by atoms with E-state index < -0.39 is 0 Å². The minimum atomic E-state index is -0.375. The molecule has 0 saturated heterocycles. The molecule has 27 heavy (non-hydrogen) atoms. The topological polar surface area (TPSA) is 53.3 Å². The van der Waals surface area contributed by atoms with Crippen molar-refractivity contribution in [1.82, 2.24) is 9.78 Å². The van der Waals surface area contributed by atoms with E-state index in [9.17, 15) is 9.18 Å². The Morgan fingerprint density at radius 3 is 2.67 bits per heavy atom. The van der Waals surface area contributed by atoms with Gasteiger partial charge in [0.25, 0.3) is 0 Å². The smallest absolute Gasteiger partial charge is 0.166 e. The number of carbonyl (C=O) groups excluding carboxylic acids is 1. The zero-order valence-electron chi connectivity index (χ0n) is 15.1. The van der Waals surface area contributed by atoms with E-state index in [-0.39, 0.29) is 17.5 Å². The molecule has 1 aliphatic rings. The Hall–Kier alpha value is -3.15. The third kappa shape index (κ3) is 2.97. The summed E-state index contributed by atoms with van der Waals surface area (Å²) in [5.74, 6) is 0.914. The lowest BCUT2D eigenvalue weighted by Gasteiger charge is -2.24. The second-order valence-corrected chi connectivity index (χ2v) is 6.50. The Morgan fingerprint density at radius 1 is 1.11 bits per heavy atom. The summed E-state index contributed by atoms with van der Waals surface area (Å²) < 4.78 is 26.6. The number of ether oxygens (including phenoxy) is 2. The summed E-state index contributed by atoms with van der Waals surface area (Å²) in [4.78, 5) is 12.7. The van der Waals surface area contributed by atoms with Gasteiger partial charge in [-0.1, -0.05) is 18.2 Å². The number of rotatable bonds is 4. The Morgan fingerprint density at radius 2 is 1.93 bits per heavy atom. The number of hydrogen-bond donors (Lipinski definition) is 0. The van der Waals surface area contributed by atoms with Crippen molar-refractivity contribution in [2.45, 2.75) is 18.8 Å². The predicted octanol–water partition coefficient (Wildman–Crippen LogP) is 3.94. The lowest BCUT2D eigenvalue weighted by molar-refractivity contribution is 0.0963. The Labute approximate surface area is 156 Å². The maximum atomic E-state index is 14.3. The van der Waals surface area contributed by atoms with E-state index in [4.69, 9.17) is 9.47 Å². The van der Waals surface area contributed by atoms with Crippen LogP contribution in [0.25, 0.3) is 5.69 Å². The summed E-state index contributed by atoms with van der Waals surface area (Å²) in [7, 11) is 3.19. The lowest BCUT2D eigenvalue weighted by Crippen LogP contribution is -2.21. The number of para-hydroxylation sites is 1. The molecule has 138 valence electrons. The molecule has 0 N–H and O–H groups in total. The van der Waals surface area contributed by atoms with Gasteiger partial charge in [0.15, 0.2) is 5.78 Å². The van der Waals surface area contributed by atoms with E-state index in [0.717, 1.165) is 11.3 Å². The van der Waals surface area contributed by atoms with E-state index in [0.29, 0.717) is 35.6 Å². The van der Waals surface area contributed by atoms with Crippen molar-refractivity contribution in [3.8, 4) is 17.2 Å². The van der Waals surface area contributed by atoms with Crippen LogP contribution >= 0.6 is 0 Å². The summed E-state index contributed by atoms with van der Waals surface area (Å²) >= 11 is 0. The maximum Gasteiger partial charge on any atom is 0.166 e. The summed E-state index contributed by atoms with van der Waals surface area (Å²) in [6.45, 7) is 0. The standard InChI is InChI=1S/C21H19FN2O3/c1-26-14-7-8-15(21(11-14)27-2)13-9-19-16(20(25)10-13)12-23-24(19)18-6-4-3-5-17(18)22/h3-8,11-13H,9-10H2,1-2H3/t13-/m1/s1. The lowest BCUT2D eigenvalue weighted by atomic mass is 9.82. The zero-order valence-corrected chi connectivity index (χ0v) is 15.1. The fourth-order valence-corrected chi connectivity index (χ4v) is 3.65. The molecule has 0 amide bonds. The van der Waals surface area contributed by atoms with Gasteiger partial charge in [-0.15, -0.1) is 0 Å². The molecular formula is C21H19FN2O3. The van der Waals surface area contributed by atoms with Gasteiger partial charge in [-0.2, -0.15) is 5.10 Å². The van der Waals surface area contributed by atoms with Gasteiger partial charge in [-0.3, -0.25) is 4.79 Å². The third-order valence-electron chi connectivity index (χ3n) is 5.00. The molecule has 0 fully saturated rings. The minimum Gasteiger partial charge on any atom is -0.497 e. The van der Waals surface area contributed by atoms with Crippen molar-refractivity contribution in [3.05, 3.63) is 71.3 Å². The molecule has 1 heterocycles. The molecular weight excluding hydrogens is 347 g/mol. The average Bonchev–Trinajstić information content (AvgIpc) is 3.12. The fourth-order valence-electron chi connectivity index (χ4n) is 3.65. The number of fused-ring (bicyclic) bond motifs is 1. The van der Waals surface area contributed by atoms with Crippen molar-refractivity contribution < 1.29 is 18.7 Å². The highest BCUT2D eigenvalue weighted by atomic mass is 19.1. The molecule has 0 aliphatic heterocycles. The van der Waals surface area contributed by atoms with Crippen LogP contribution in [0, 0.1) is 5.82 Å². The summed E-state index contributed by atoms with van der Waals surface area (Å²) in [6.07, 6.45) is 2.46. The quantitative estimate of drug-likeness (QED) is 0.702. The van der Waals surface area contributed by atoms with Crippen LogP contribution in [0.15, 0.2) is 48.7 Å². The van der Waals surface area contributed by atoms with Crippen LogP contribution in [0.4, 0.5) is 4.39 Å². The first kappa shape index (κ1) is 17.3. The van der Waals surface area contributed by atoms with Crippen LogP contribution in [0.2, 0.25) is 0 Å². The maximum absolute atomic E-state index is 14.3. The normalized spacial score (nSPS) is 16.1. The monoisotopic (exact) mass is 366 g/mol. The van der Waals surface area contributed by atoms with Gasteiger partial charge in [0.05, 0.1) is 31.7 Å². The number of halogens is 1. The SMILES string of the molecule is COc1ccc([C@H]2CC(=O)c3cnn(-c4ccccc4F)c3C2)c(OC)c1. The molecule has 1 aliphatic carbocycles. The van der Waals surface area contributed by atoms with Crippen LogP contribution in [0.5, 0.6) is 11.5 Å². The van der Waals surface area contributed by atoms with Gasteiger partial charge < -0.3 is 9.47 Å². The number of benzene rings is 2. The van der Waals surface area contributed by atoms with Crippen molar-refractivity contribution in [1.29, 1.82) is 0 Å². The van der Waals surface area contributed by atoms with Gasteiger partial charge >= 0.3 is 0 Å². The number of carbonyl (C=O) groups is 1. The van der Waals surface area contributed by atoms with Crippen LogP contribution in [0.1, 0.15) is 34.0 Å². The first-order valence-corrected chi connectivity index (χ1v) is 8.69. The number of aromatic nitrogens is 2. The number of Topliss-reactive ketones (excluding diaryl/α,β-unsaturated/α-hetero) is 1. The first-order chi connectivity index (χ1) is 13.1. The number of ketones is 1. The van der Waals surface area contributed by atoms with Crippen LogP contribution in [0.3, 0.4) is 0 Å². The highest BCUT2D eigenvalue weighted by molar-refractivity contribution is 5.98. The number of methoxy groups -OCH3 is 2. The van der Waals surface area contributed by atoms with Crippen molar-refractivity contribution in [2.75, 3.05) is 14.2 Å². The second kappa shape index (κ2) is 6.87. The Bertz CT molecular complexity index is 1010. The van der Waals surface area contributed by atoms with E-state index in [1.54, 1.807) is 32.4 Å². The highest BCUT2D eigenvalue weighted by Crippen LogP contribution is 2.39. The van der Waals surface area contributed by atoms with Gasteiger partial charge in [0.2, 0.25) is 0 Å². The molecule has 1 aromatic heterocycles. The van der Waals surface area contributed by atoms with Crippen LogP contribution in [-0.2, 0) is 6.42 Å². The zero-order chi connectivity index (χ0) is 19.0. The Kier molecular flexibility index (Phi) is 4.39. The molecule has 0 bridgehead atoms. The number of nitrogens with zero attached hydrogens (tertiary/aromatic N) is 2. The largest absolute Gasteiger partial charge is 0.497 e. The molecule has 0 radical (unpaired) electrons. The summed E-state index contributed by atoms with van der Waals surface area (Å²) in [6, 6.07) is 12.0. The molecule has 5 nitrogen and oxygen atoms in total. The van der Waals surface area contributed by atoms with Gasteiger partial charge in [0, 0.05) is 18.4 Å². The van der Waals surface area contributed by atoms with E-state index in [1.807, 2.05) is 18.2 Å². The first-order valence-electron chi connectivity index (χ1n) is 8.69. The molecule has 0 spiro atoms. The number of hydrogen-bond acceptors (Lipinski definition) is 4. The van der Waals surface area contributed by atoms with E-state index >= 15 is 0 Å². The molecule has 6 heteroatoms. The average molecular weight is 366 g/mol. The van der Waals surface area contributed by atoms with Gasteiger partial charge in [-0.25, -0.2) is 9.07 Å². The highest BCUT2D eigenvalue weighted by Gasteiger charge is 2.32. The third-order valence-corrected chi connectivity index (χ3v) is 5.00. The summed E-state index contributed by atoms with van der Waals surface area (Å²) in [5, 5.41) is 4.28. The van der Waals surface area contributed by atoms with Gasteiger partial charge in [-0.05, 0) is 30.2 Å². The summed E-state index contributed by atoms with van der Waals surface area (Å²) in [5.41, 5.74) is 2.55. The predicted molar refractivity (Wildman–Crippen MR) is 98.5 cm³/mol. The molecule has 1 atom stereocenters. The van der Waals surface area contributed by atoms with Crippen molar-refractivity contribution in [3.63, 3.8) is 0 Å². The van der Waals surface area contributed by atoms with Crippen LogP contribution in [-0.4, -0.2) is 29.8 Å². The molecule has 0 unspecified atom stereocenters. The van der Waals surface area contributed by atoms with E-state index in [1.165, 1.54) is 16.9 Å². The fraction of sp³-hybridized carbons (Fsp3) is 0.238. The molecule has 3 aromatic rings. The minimum absolute atomic E-state index is 0.00158. The molecule has 4 rings (SSSR count). The Balaban J connectivity index is 1.76. The van der Waals surface area contributed by atoms with Crippen molar-refractivity contribution in [2.24, 2.45) is 0 Å². The van der Waals surface area contributed by atoms with Crippen LogP contribution < -0.4 is 9.47 Å². The van der Waals surface area contributed by atoms with Crippen molar-refractivity contribution >= 4 is 5.78 Å².